The number of anilines is 1. The van der Waals surface area contributed by atoms with Crippen molar-refractivity contribution in [2.75, 3.05) is 18.1 Å². The Morgan fingerprint density at radius 2 is 2.04 bits per heavy atom. The van der Waals surface area contributed by atoms with Gasteiger partial charge in [0.1, 0.15) is 12.4 Å². The van der Waals surface area contributed by atoms with Gasteiger partial charge in [-0.15, -0.1) is 0 Å². The topological polar surface area (TPSA) is 29.5 Å². The first-order valence-corrected chi connectivity index (χ1v) is 8.06. The van der Waals surface area contributed by atoms with Gasteiger partial charge in [-0.05, 0) is 49.6 Å². The van der Waals surface area contributed by atoms with Gasteiger partial charge in [-0.2, -0.15) is 0 Å². The number of carbonyl (C=O) groups excluding carboxylic acids is 1. The predicted octanol–water partition coefficient (Wildman–Crippen LogP) is 3.75. The molecule has 1 amide bonds. The molecule has 0 radical (unpaired) electrons. The zero-order valence-corrected chi connectivity index (χ0v) is 13.2. The molecule has 0 aliphatic carbocycles. The molecule has 2 heterocycles. The maximum Gasteiger partial charge on any atom is 0.257 e. The normalized spacial score (nSPS) is 16.0. The standard InChI is InChI=1S/C20H19NO2/c1-14-8-9-19-16(11-14)12-17(13-23-19)20(22)21-10-4-6-15-5-2-3-7-18(15)21/h2-3,5,7-9,11-12H,4,6,10,13H2,1H3. The molecule has 23 heavy (non-hydrogen) atoms. The van der Waals surface area contributed by atoms with Crippen molar-refractivity contribution in [1.82, 2.24) is 0 Å². The molecule has 116 valence electrons. The summed E-state index contributed by atoms with van der Waals surface area (Å²) in [6.07, 6.45) is 4.02. The molecule has 0 unspecified atom stereocenters. The third kappa shape index (κ3) is 2.52. The van der Waals surface area contributed by atoms with Crippen molar-refractivity contribution in [2.24, 2.45) is 0 Å². The Bertz CT molecular complexity index is 807. The van der Waals surface area contributed by atoms with E-state index in [2.05, 4.69) is 12.1 Å². The van der Waals surface area contributed by atoms with Crippen molar-refractivity contribution in [2.45, 2.75) is 19.8 Å². The van der Waals surface area contributed by atoms with Crippen molar-refractivity contribution in [3.63, 3.8) is 0 Å². The molecule has 0 N–H and O–H groups in total. The van der Waals surface area contributed by atoms with E-state index in [1.54, 1.807) is 0 Å². The second-order valence-electron chi connectivity index (χ2n) is 6.19. The summed E-state index contributed by atoms with van der Waals surface area (Å²) in [5.74, 6) is 0.913. The van der Waals surface area contributed by atoms with Gasteiger partial charge < -0.3 is 9.64 Å². The molecule has 3 nitrogen and oxygen atoms in total. The van der Waals surface area contributed by atoms with Gasteiger partial charge in [0.15, 0.2) is 0 Å². The second-order valence-corrected chi connectivity index (χ2v) is 6.19. The molecule has 0 aromatic heterocycles. The first-order chi connectivity index (χ1) is 11.2. The number of benzene rings is 2. The Balaban J connectivity index is 1.68. The Morgan fingerprint density at radius 1 is 1.17 bits per heavy atom. The van der Waals surface area contributed by atoms with Crippen molar-refractivity contribution in [3.05, 3.63) is 64.7 Å². The maximum atomic E-state index is 13.0. The van der Waals surface area contributed by atoms with Gasteiger partial charge in [0.2, 0.25) is 0 Å². The quantitative estimate of drug-likeness (QED) is 0.803. The van der Waals surface area contributed by atoms with Crippen LogP contribution in [0, 0.1) is 6.92 Å². The summed E-state index contributed by atoms with van der Waals surface area (Å²) in [4.78, 5) is 14.9. The summed E-state index contributed by atoms with van der Waals surface area (Å²) in [5.41, 5.74) is 5.17. The van der Waals surface area contributed by atoms with Crippen LogP contribution < -0.4 is 9.64 Å². The van der Waals surface area contributed by atoms with Crippen LogP contribution in [0.1, 0.15) is 23.1 Å². The van der Waals surface area contributed by atoms with Crippen molar-refractivity contribution in [3.8, 4) is 5.75 Å². The molecule has 0 saturated heterocycles. The summed E-state index contributed by atoms with van der Waals surface area (Å²) in [6, 6.07) is 14.2. The van der Waals surface area contributed by atoms with Crippen molar-refractivity contribution in [1.29, 1.82) is 0 Å². The zero-order valence-electron chi connectivity index (χ0n) is 13.2. The molecule has 2 aromatic carbocycles. The van der Waals surface area contributed by atoms with Crippen LogP contribution in [0.25, 0.3) is 6.08 Å². The number of para-hydroxylation sites is 1. The fraction of sp³-hybridized carbons (Fsp3) is 0.250. The van der Waals surface area contributed by atoms with E-state index in [9.17, 15) is 4.79 Å². The molecule has 4 rings (SSSR count). The van der Waals surface area contributed by atoms with E-state index in [0.29, 0.717) is 6.61 Å². The molecule has 0 bridgehead atoms. The lowest BCUT2D eigenvalue weighted by Gasteiger charge is -2.31. The minimum atomic E-state index is 0.0595. The maximum absolute atomic E-state index is 13.0. The predicted molar refractivity (Wildman–Crippen MR) is 91.8 cm³/mol. The zero-order chi connectivity index (χ0) is 15.8. The number of nitrogens with zero attached hydrogens (tertiary/aromatic N) is 1. The monoisotopic (exact) mass is 305 g/mol. The Hall–Kier alpha value is -2.55. The summed E-state index contributed by atoms with van der Waals surface area (Å²) in [7, 11) is 0. The van der Waals surface area contributed by atoms with E-state index in [1.807, 2.05) is 48.2 Å². The number of aryl methyl sites for hydroxylation is 2. The van der Waals surface area contributed by atoms with Crippen LogP contribution in [-0.2, 0) is 11.2 Å². The van der Waals surface area contributed by atoms with Crippen LogP contribution in [0.4, 0.5) is 5.69 Å². The Morgan fingerprint density at radius 3 is 2.96 bits per heavy atom. The van der Waals surface area contributed by atoms with E-state index < -0.39 is 0 Å². The van der Waals surface area contributed by atoms with Gasteiger partial charge in [-0.25, -0.2) is 0 Å². The van der Waals surface area contributed by atoms with Crippen LogP contribution in [0.2, 0.25) is 0 Å². The van der Waals surface area contributed by atoms with Gasteiger partial charge in [-0.3, -0.25) is 4.79 Å². The molecule has 2 aliphatic heterocycles. The van der Waals surface area contributed by atoms with Gasteiger partial charge >= 0.3 is 0 Å². The van der Waals surface area contributed by atoms with Crippen molar-refractivity contribution < 1.29 is 9.53 Å². The van der Waals surface area contributed by atoms with Crippen LogP contribution in [0.5, 0.6) is 5.75 Å². The number of rotatable bonds is 1. The highest BCUT2D eigenvalue weighted by atomic mass is 16.5. The molecule has 2 aliphatic rings. The molecular formula is C20H19NO2. The molecule has 3 heteroatoms. The number of amides is 1. The van der Waals surface area contributed by atoms with Crippen LogP contribution in [0.15, 0.2) is 48.0 Å². The third-order valence-electron chi connectivity index (χ3n) is 4.51. The first-order valence-electron chi connectivity index (χ1n) is 8.06. The molecule has 0 fully saturated rings. The lowest BCUT2D eigenvalue weighted by Crippen LogP contribution is -2.38. The average Bonchev–Trinajstić information content (AvgIpc) is 2.60. The van der Waals surface area contributed by atoms with Crippen LogP contribution in [-0.4, -0.2) is 19.1 Å². The lowest BCUT2D eigenvalue weighted by atomic mass is 9.99. The number of hydrogen-bond donors (Lipinski definition) is 0. The van der Waals surface area contributed by atoms with Gasteiger partial charge in [0.05, 0.1) is 5.57 Å². The SMILES string of the molecule is Cc1ccc2c(c1)C=C(C(=O)N1CCCc3ccccc31)CO2. The van der Waals surface area contributed by atoms with Gasteiger partial charge in [0, 0.05) is 17.8 Å². The Kier molecular flexibility index (Phi) is 3.41. The number of hydrogen-bond acceptors (Lipinski definition) is 2. The van der Waals surface area contributed by atoms with E-state index in [4.69, 9.17) is 4.74 Å². The average molecular weight is 305 g/mol. The van der Waals surface area contributed by atoms with Crippen LogP contribution in [0.3, 0.4) is 0 Å². The summed E-state index contributed by atoms with van der Waals surface area (Å²) < 4.78 is 5.78. The summed E-state index contributed by atoms with van der Waals surface area (Å²) in [5, 5.41) is 0. The molecule has 0 atom stereocenters. The number of carbonyl (C=O) groups is 1. The fourth-order valence-corrected chi connectivity index (χ4v) is 3.34. The third-order valence-corrected chi connectivity index (χ3v) is 4.51. The summed E-state index contributed by atoms with van der Waals surface area (Å²) >= 11 is 0. The molecule has 0 saturated carbocycles. The minimum Gasteiger partial charge on any atom is -0.488 e. The second kappa shape index (κ2) is 5.58. The highest BCUT2D eigenvalue weighted by Gasteiger charge is 2.26. The molecule has 0 spiro atoms. The van der Waals surface area contributed by atoms with Gasteiger partial charge in [-0.1, -0.05) is 29.8 Å². The van der Waals surface area contributed by atoms with Gasteiger partial charge in [0.25, 0.3) is 5.91 Å². The molecule has 2 aromatic rings. The van der Waals surface area contributed by atoms with E-state index >= 15 is 0 Å². The largest absolute Gasteiger partial charge is 0.488 e. The van der Waals surface area contributed by atoms with Crippen molar-refractivity contribution >= 4 is 17.7 Å². The highest BCUT2D eigenvalue weighted by Crippen LogP contribution is 2.31. The molecular weight excluding hydrogens is 286 g/mol. The highest BCUT2D eigenvalue weighted by molar-refractivity contribution is 6.09. The van der Waals surface area contributed by atoms with E-state index in [0.717, 1.165) is 42.0 Å². The lowest BCUT2D eigenvalue weighted by molar-refractivity contribution is -0.115. The van der Waals surface area contributed by atoms with E-state index in [1.165, 1.54) is 11.1 Å². The summed E-state index contributed by atoms with van der Waals surface area (Å²) in [6.45, 7) is 3.16. The number of ether oxygens (including phenoxy) is 1. The number of fused-ring (bicyclic) bond motifs is 2. The smallest absolute Gasteiger partial charge is 0.257 e. The van der Waals surface area contributed by atoms with E-state index in [-0.39, 0.29) is 5.91 Å². The van der Waals surface area contributed by atoms with Crippen LogP contribution >= 0.6 is 0 Å². The fourth-order valence-electron chi connectivity index (χ4n) is 3.34. The first kappa shape index (κ1) is 14.1. The Labute approximate surface area is 136 Å². The minimum absolute atomic E-state index is 0.0595.